The van der Waals surface area contributed by atoms with E-state index in [0.717, 1.165) is 5.56 Å². The Hall–Kier alpha value is -3.61. The van der Waals surface area contributed by atoms with E-state index in [4.69, 9.17) is 9.47 Å². The predicted molar refractivity (Wildman–Crippen MR) is 103 cm³/mol. The van der Waals surface area contributed by atoms with Gasteiger partial charge in [-0.25, -0.2) is 4.79 Å². The van der Waals surface area contributed by atoms with Gasteiger partial charge in [0.05, 0.1) is 0 Å². The zero-order valence-electron chi connectivity index (χ0n) is 15.5. The number of ether oxygens (including phenoxy) is 2. The van der Waals surface area contributed by atoms with Crippen molar-refractivity contribution in [3.05, 3.63) is 71.6 Å². The molecule has 0 saturated heterocycles. The number of rotatable bonds is 6. The molecule has 0 bridgehead atoms. The molecule has 1 amide bonds. The minimum absolute atomic E-state index is 0.0207. The second-order valence-electron chi connectivity index (χ2n) is 6.31. The van der Waals surface area contributed by atoms with E-state index in [1.807, 2.05) is 25.1 Å². The molecular formula is C21H20N2O5. The number of aryl methyl sites for hydroxylation is 1. The molecule has 2 aromatic carbocycles. The molecule has 1 aliphatic heterocycles. The van der Waals surface area contributed by atoms with E-state index < -0.39 is 23.8 Å². The highest BCUT2D eigenvalue weighted by molar-refractivity contribution is 6.20. The summed E-state index contributed by atoms with van der Waals surface area (Å²) in [6.07, 6.45) is -1.09. The molecule has 2 aromatic rings. The number of nitrogens with one attached hydrogen (secondary N) is 2. The molecule has 1 aliphatic rings. The number of esters is 1. The lowest BCUT2D eigenvalue weighted by molar-refractivity contribution is -0.150. The standard InChI is InChI=1S/C21H20N2O5/c1-13-8-10-16(11-9-13)22-19(25)14(2)28-21(26)18-17(24)12-27-20(18)23-15-6-4-3-5-7-15/h3-11,14,23H,12H2,1-2H3,(H,22,25)/t14-/m0/s1. The van der Waals surface area contributed by atoms with Gasteiger partial charge in [-0.3, -0.25) is 9.59 Å². The van der Waals surface area contributed by atoms with E-state index in [2.05, 4.69) is 10.6 Å². The third-order valence-electron chi connectivity index (χ3n) is 4.06. The van der Waals surface area contributed by atoms with Gasteiger partial charge in [-0.2, -0.15) is 0 Å². The number of hydrogen-bond donors (Lipinski definition) is 2. The zero-order chi connectivity index (χ0) is 20.1. The summed E-state index contributed by atoms with van der Waals surface area (Å²) in [6.45, 7) is 3.11. The summed E-state index contributed by atoms with van der Waals surface area (Å²) in [5.41, 5.74) is 2.06. The van der Waals surface area contributed by atoms with Gasteiger partial charge in [-0.1, -0.05) is 35.9 Å². The van der Waals surface area contributed by atoms with Crippen molar-refractivity contribution in [3.8, 4) is 0 Å². The van der Waals surface area contributed by atoms with Crippen LogP contribution in [0, 0.1) is 6.92 Å². The fourth-order valence-corrected chi connectivity index (χ4v) is 2.52. The van der Waals surface area contributed by atoms with Crippen molar-refractivity contribution >= 4 is 29.0 Å². The number of carbonyl (C=O) groups excluding carboxylic acids is 3. The highest BCUT2D eigenvalue weighted by Crippen LogP contribution is 2.21. The first-order valence-corrected chi connectivity index (χ1v) is 8.75. The van der Waals surface area contributed by atoms with Gasteiger partial charge in [0.15, 0.2) is 18.3 Å². The van der Waals surface area contributed by atoms with Gasteiger partial charge in [0.1, 0.15) is 0 Å². The van der Waals surface area contributed by atoms with Crippen LogP contribution in [0.25, 0.3) is 0 Å². The first kappa shape index (κ1) is 19.2. The maximum atomic E-state index is 12.5. The molecule has 0 fully saturated rings. The molecule has 7 nitrogen and oxygen atoms in total. The monoisotopic (exact) mass is 380 g/mol. The fraction of sp³-hybridized carbons (Fsp3) is 0.190. The molecule has 2 N–H and O–H groups in total. The van der Waals surface area contributed by atoms with E-state index in [9.17, 15) is 14.4 Å². The number of para-hydroxylation sites is 1. The van der Waals surface area contributed by atoms with Crippen molar-refractivity contribution < 1.29 is 23.9 Å². The number of hydrogen-bond acceptors (Lipinski definition) is 6. The topological polar surface area (TPSA) is 93.7 Å². The van der Waals surface area contributed by atoms with Crippen LogP contribution in [0.2, 0.25) is 0 Å². The molecule has 144 valence electrons. The fourth-order valence-electron chi connectivity index (χ4n) is 2.52. The molecule has 3 rings (SSSR count). The molecule has 0 aliphatic carbocycles. The lowest BCUT2D eigenvalue weighted by Gasteiger charge is -2.14. The molecule has 0 radical (unpaired) electrons. The highest BCUT2D eigenvalue weighted by atomic mass is 16.6. The van der Waals surface area contributed by atoms with Crippen LogP contribution in [0.1, 0.15) is 12.5 Å². The minimum atomic E-state index is -1.09. The van der Waals surface area contributed by atoms with Crippen molar-refractivity contribution in [1.82, 2.24) is 0 Å². The molecular weight excluding hydrogens is 360 g/mol. The molecule has 0 saturated carbocycles. The van der Waals surface area contributed by atoms with Crippen LogP contribution in [0.15, 0.2) is 66.1 Å². The Bertz CT molecular complexity index is 920. The molecule has 28 heavy (non-hydrogen) atoms. The Morgan fingerprint density at radius 1 is 1.04 bits per heavy atom. The van der Waals surface area contributed by atoms with Gasteiger partial charge in [0.2, 0.25) is 11.7 Å². The van der Waals surface area contributed by atoms with Crippen molar-refractivity contribution in [3.63, 3.8) is 0 Å². The summed E-state index contributed by atoms with van der Waals surface area (Å²) >= 11 is 0. The van der Waals surface area contributed by atoms with Crippen LogP contribution in [-0.4, -0.2) is 30.4 Å². The van der Waals surface area contributed by atoms with E-state index in [1.54, 1.807) is 36.4 Å². The Balaban J connectivity index is 1.67. The Labute approximate surface area is 162 Å². The molecule has 7 heteroatoms. The van der Waals surface area contributed by atoms with Crippen molar-refractivity contribution in [2.45, 2.75) is 20.0 Å². The van der Waals surface area contributed by atoms with E-state index in [-0.39, 0.29) is 18.1 Å². The van der Waals surface area contributed by atoms with Gasteiger partial charge in [0.25, 0.3) is 5.91 Å². The third-order valence-corrected chi connectivity index (χ3v) is 4.06. The second kappa shape index (κ2) is 8.39. The highest BCUT2D eigenvalue weighted by Gasteiger charge is 2.34. The lowest BCUT2D eigenvalue weighted by atomic mass is 10.2. The number of benzene rings is 2. The first-order valence-electron chi connectivity index (χ1n) is 8.75. The van der Waals surface area contributed by atoms with Gasteiger partial charge in [-0.05, 0) is 38.1 Å². The van der Waals surface area contributed by atoms with Crippen molar-refractivity contribution in [2.75, 3.05) is 17.2 Å². The van der Waals surface area contributed by atoms with Crippen LogP contribution in [0.5, 0.6) is 0 Å². The zero-order valence-corrected chi connectivity index (χ0v) is 15.5. The van der Waals surface area contributed by atoms with Crippen LogP contribution in [-0.2, 0) is 23.9 Å². The Morgan fingerprint density at radius 2 is 1.71 bits per heavy atom. The van der Waals surface area contributed by atoms with E-state index >= 15 is 0 Å². The quantitative estimate of drug-likeness (QED) is 0.591. The summed E-state index contributed by atoms with van der Waals surface area (Å²) in [6, 6.07) is 16.2. The van der Waals surface area contributed by atoms with Gasteiger partial charge in [0, 0.05) is 11.4 Å². The number of amides is 1. The van der Waals surface area contributed by atoms with Crippen LogP contribution >= 0.6 is 0 Å². The lowest BCUT2D eigenvalue weighted by Crippen LogP contribution is -2.31. The third kappa shape index (κ3) is 4.56. The maximum absolute atomic E-state index is 12.5. The van der Waals surface area contributed by atoms with Crippen molar-refractivity contribution in [1.29, 1.82) is 0 Å². The molecule has 1 atom stereocenters. The van der Waals surface area contributed by atoms with E-state index in [0.29, 0.717) is 11.4 Å². The van der Waals surface area contributed by atoms with Gasteiger partial charge in [-0.15, -0.1) is 0 Å². The average molecular weight is 380 g/mol. The van der Waals surface area contributed by atoms with Gasteiger partial charge < -0.3 is 20.1 Å². The molecule has 0 spiro atoms. The van der Waals surface area contributed by atoms with Crippen LogP contribution in [0.4, 0.5) is 11.4 Å². The van der Waals surface area contributed by atoms with Crippen LogP contribution in [0.3, 0.4) is 0 Å². The summed E-state index contributed by atoms with van der Waals surface area (Å²) in [7, 11) is 0. The maximum Gasteiger partial charge on any atom is 0.348 e. The predicted octanol–water partition coefficient (Wildman–Crippen LogP) is 2.79. The molecule has 0 unspecified atom stereocenters. The summed E-state index contributed by atoms with van der Waals surface area (Å²) in [5.74, 6) is -1.89. The van der Waals surface area contributed by atoms with Crippen molar-refractivity contribution in [2.24, 2.45) is 0 Å². The second-order valence-corrected chi connectivity index (χ2v) is 6.31. The Kier molecular flexibility index (Phi) is 5.74. The largest absolute Gasteiger partial charge is 0.470 e. The summed E-state index contributed by atoms with van der Waals surface area (Å²) < 4.78 is 10.5. The average Bonchev–Trinajstić information content (AvgIpc) is 3.04. The summed E-state index contributed by atoms with van der Waals surface area (Å²) in [4.78, 5) is 36.8. The number of anilines is 2. The summed E-state index contributed by atoms with van der Waals surface area (Å²) in [5, 5.41) is 5.55. The SMILES string of the molecule is Cc1ccc(NC(=O)[C@H](C)OC(=O)C2=C(Nc3ccccc3)OCC2=O)cc1. The number of Topliss-reactive ketones (excluding diaryl/α,β-unsaturated/α-hetero) is 1. The normalized spacial score (nSPS) is 14.3. The first-order chi connectivity index (χ1) is 13.4. The molecule has 1 heterocycles. The Morgan fingerprint density at radius 3 is 2.39 bits per heavy atom. The van der Waals surface area contributed by atoms with Gasteiger partial charge >= 0.3 is 5.97 Å². The minimum Gasteiger partial charge on any atom is -0.470 e. The molecule has 0 aromatic heterocycles. The number of ketones is 1. The smallest absolute Gasteiger partial charge is 0.348 e. The van der Waals surface area contributed by atoms with E-state index in [1.165, 1.54) is 6.92 Å². The van der Waals surface area contributed by atoms with Crippen LogP contribution < -0.4 is 10.6 Å². The number of carbonyl (C=O) groups is 3.